The van der Waals surface area contributed by atoms with Gasteiger partial charge >= 0.3 is 5.97 Å². The van der Waals surface area contributed by atoms with Crippen molar-refractivity contribution in [2.45, 2.75) is 13.0 Å². The topological polar surface area (TPSA) is 58.6 Å². The highest BCUT2D eigenvalue weighted by Crippen LogP contribution is 2.32. The average Bonchev–Trinajstić information content (AvgIpc) is 2.26. The fraction of sp³-hybridized carbons (Fsp3) is 0.364. The zero-order valence-corrected chi connectivity index (χ0v) is 9.91. The van der Waals surface area contributed by atoms with Crippen LogP contribution in [0, 0.1) is 0 Å². The van der Waals surface area contributed by atoms with Gasteiger partial charge in [-0.05, 0) is 18.7 Å². The Kier molecular flexibility index (Phi) is 4.58. The average molecular weight is 244 g/mol. The van der Waals surface area contributed by atoms with E-state index >= 15 is 0 Å². The molecule has 1 atom stereocenters. The first-order chi connectivity index (χ1) is 7.61. The van der Waals surface area contributed by atoms with Crippen molar-refractivity contribution in [1.29, 1.82) is 0 Å². The first-order valence-electron chi connectivity index (χ1n) is 4.90. The van der Waals surface area contributed by atoms with Crippen LogP contribution in [0.3, 0.4) is 0 Å². The highest BCUT2D eigenvalue weighted by atomic mass is 35.5. The molecule has 0 aliphatic carbocycles. The minimum absolute atomic E-state index is 0.382. The van der Waals surface area contributed by atoms with Gasteiger partial charge in [-0.1, -0.05) is 24.6 Å². The van der Waals surface area contributed by atoms with Gasteiger partial charge in [-0.25, -0.2) is 0 Å². The zero-order chi connectivity index (χ0) is 12.1. The van der Waals surface area contributed by atoms with Crippen LogP contribution in [-0.2, 0) is 4.79 Å². The molecule has 1 rings (SSSR count). The normalized spacial score (nSPS) is 12.2. The number of hydrogen-bond acceptors (Lipinski definition) is 3. The van der Waals surface area contributed by atoms with Crippen molar-refractivity contribution in [3.05, 3.63) is 28.8 Å². The minimum atomic E-state index is -0.978. The Morgan fingerprint density at radius 3 is 2.81 bits per heavy atom. The Bertz CT molecular complexity index is 381. The molecule has 0 aromatic heterocycles. The maximum absolute atomic E-state index is 11.1. The van der Waals surface area contributed by atoms with Crippen LogP contribution in [0.2, 0.25) is 5.02 Å². The highest BCUT2D eigenvalue weighted by Gasteiger charge is 2.24. The van der Waals surface area contributed by atoms with Gasteiger partial charge in [0.2, 0.25) is 0 Å². The molecule has 16 heavy (non-hydrogen) atoms. The summed E-state index contributed by atoms with van der Waals surface area (Å²) in [6.45, 7) is 2.37. The van der Waals surface area contributed by atoms with Crippen molar-refractivity contribution >= 4 is 17.6 Å². The molecule has 0 saturated heterocycles. The smallest absolute Gasteiger partial charge is 0.325 e. The van der Waals surface area contributed by atoms with Gasteiger partial charge in [0, 0.05) is 10.6 Å². The Morgan fingerprint density at radius 2 is 2.31 bits per heavy atom. The lowest BCUT2D eigenvalue weighted by Crippen LogP contribution is -2.28. The van der Waals surface area contributed by atoms with E-state index in [2.05, 4.69) is 5.32 Å². The second-order valence-corrected chi connectivity index (χ2v) is 3.59. The van der Waals surface area contributed by atoms with Gasteiger partial charge < -0.3 is 15.2 Å². The summed E-state index contributed by atoms with van der Waals surface area (Å²) >= 11 is 6.00. The molecule has 0 spiro atoms. The predicted octanol–water partition coefficient (Wildman–Crippen LogP) is 2.08. The molecule has 0 saturated carbocycles. The van der Waals surface area contributed by atoms with E-state index in [-0.39, 0.29) is 0 Å². The van der Waals surface area contributed by atoms with E-state index < -0.39 is 12.0 Å². The minimum Gasteiger partial charge on any atom is -0.496 e. The van der Waals surface area contributed by atoms with E-state index in [0.29, 0.717) is 22.9 Å². The van der Waals surface area contributed by atoms with Crippen molar-refractivity contribution in [3.8, 4) is 5.75 Å². The van der Waals surface area contributed by atoms with Gasteiger partial charge in [-0.2, -0.15) is 0 Å². The number of carboxylic acids is 1. The molecule has 4 nitrogen and oxygen atoms in total. The van der Waals surface area contributed by atoms with E-state index in [9.17, 15) is 4.79 Å². The summed E-state index contributed by atoms with van der Waals surface area (Å²) in [5, 5.41) is 12.4. The van der Waals surface area contributed by atoms with E-state index in [1.807, 2.05) is 6.92 Å². The maximum atomic E-state index is 11.1. The summed E-state index contributed by atoms with van der Waals surface area (Å²) in [4.78, 5) is 11.1. The largest absolute Gasteiger partial charge is 0.496 e. The van der Waals surface area contributed by atoms with Crippen LogP contribution in [0.1, 0.15) is 18.5 Å². The van der Waals surface area contributed by atoms with Crippen LogP contribution in [0.5, 0.6) is 5.75 Å². The Labute approximate surface area is 99.2 Å². The van der Waals surface area contributed by atoms with Gasteiger partial charge in [0.15, 0.2) is 0 Å². The van der Waals surface area contributed by atoms with Crippen molar-refractivity contribution in [1.82, 2.24) is 5.32 Å². The van der Waals surface area contributed by atoms with Crippen LogP contribution in [0.15, 0.2) is 18.2 Å². The summed E-state index contributed by atoms with van der Waals surface area (Å²) < 4.78 is 5.12. The van der Waals surface area contributed by atoms with E-state index in [1.165, 1.54) is 7.11 Å². The molecular formula is C11H14ClNO3. The SMILES string of the molecule is CCNC(C(=O)O)c1c(Cl)cccc1OC. The number of halogens is 1. The lowest BCUT2D eigenvalue weighted by Gasteiger charge is -2.17. The molecule has 1 aromatic rings. The monoisotopic (exact) mass is 243 g/mol. The summed E-state index contributed by atoms with van der Waals surface area (Å²) in [6.07, 6.45) is 0. The third kappa shape index (κ3) is 2.65. The number of aliphatic carboxylic acids is 1. The maximum Gasteiger partial charge on any atom is 0.325 e. The molecule has 0 fully saturated rings. The molecule has 5 heteroatoms. The molecule has 1 unspecified atom stereocenters. The van der Waals surface area contributed by atoms with Gasteiger partial charge in [-0.15, -0.1) is 0 Å². The third-order valence-electron chi connectivity index (χ3n) is 2.18. The van der Waals surface area contributed by atoms with Crippen molar-refractivity contribution in [3.63, 3.8) is 0 Å². The fourth-order valence-electron chi connectivity index (χ4n) is 1.49. The molecular weight excluding hydrogens is 230 g/mol. The molecule has 1 aromatic carbocycles. The van der Waals surface area contributed by atoms with Crippen molar-refractivity contribution in [2.24, 2.45) is 0 Å². The molecule has 2 N–H and O–H groups in total. The first kappa shape index (κ1) is 12.8. The number of methoxy groups -OCH3 is 1. The van der Waals surface area contributed by atoms with Gasteiger partial charge in [0.1, 0.15) is 11.8 Å². The van der Waals surface area contributed by atoms with Crippen LogP contribution in [0.25, 0.3) is 0 Å². The lowest BCUT2D eigenvalue weighted by molar-refractivity contribution is -0.139. The lowest BCUT2D eigenvalue weighted by atomic mass is 10.1. The molecule has 0 aliphatic rings. The van der Waals surface area contributed by atoms with Crippen molar-refractivity contribution < 1.29 is 14.6 Å². The van der Waals surface area contributed by atoms with E-state index in [0.717, 1.165) is 0 Å². The second kappa shape index (κ2) is 5.72. The third-order valence-corrected chi connectivity index (χ3v) is 2.51. The quantitative estimate of drug-likeness (QED) is 0.831. The highest BCUT2D eigenvalue weighted by molar-refractivity contribution is 6.31. The Morgan fingerprint density at radius 1 is 1.62 bits per heavy atom. The van der Waals surface area contributed by atoms with E-state index in [1.54, 1.807) is 18.2 Å². The summed E-state index contributed by atoms with van der Waals surface area (Å²) in [5.41, 5.74) is 0.459. The second-order valence-electron chi connectivity index (χ2n) is 3.18. The fourth-order valence-corrected chi connectivity index (χ4v) is 1.77. The van der Waals surface area contributed by atoms with Gasteiger partial charge in [-0.3, -0.25) is 4.79 Å². The molecule has 0 amide bonds. The van der Waals surface area contributed by atoms with Crippen LogP contribution >= 0.6 is 11.6 Å². The number of carboxylic acid groups (broad SMARTS) is 1. The molecule has 0 aliphatic heterocycles. The number of likely N-dealkylation sites (N-methyl/N-ethyl adjacent to an activating group) is 1. The number of hydrogen-bond donors (Lipinski definition) is 2. The van der Waals surface area contributed by atoms with Crippen LogP contribution in [-0.4, -0.2) is 24.7 Å². The van der Waals surface area contributed by atoms with Crippen molar-refractivity contribution in [2.75, 3.05) is 13.7 Å². The van der Waals surface area contributed by atoms with Crippen LogP contribution < -0.4 is 10.1 Å². The standard InChI is InChI=1S/C11H14ClNO3/c1-3-13-10(11(14)15)9-7(12)5-4-6-8(9)16-2/h4-6,10,13H,3H2,1-2H3,(H,14,15). The summed E-state index contributed by atoms with van der Waals surface area (Å²) in [7, 11) is 1.49. The number of nitrogens with one attached hydrogen (secondary N) is 1. The number of ether oxygens (including phenoxy) is 1. The number of rotatable bonds is 5. The first-order valence-corrected chi connectivity index (χ1v) is 5.28. The van der Waals surface area contributed by atoms with Crippen LogP contribution in [0.4, 0.5) is 0 Å². The number of carbonyl (C=O) groups is 1. The zero-order valence-electron chi connectivity index (χ0n) is 9.16. The molecule has 88 valence electrons. The Hall–Kier alpha value is -1.26. The summed E-state index contributed by atoms with van der Waals surface area (Å²) in [6, 6.07) is 4.20. The van der Waals surface area contributed by atoms with E-state index in [4.69, 9.17) is 21.4 Å². The van der Waals surface area contributed by atoms with Gasteiger partial charge in [0.05, 0.1) is 7.11 Å². The molecule has 0 heterocycles. The van der Waals surface area contributed by atoms with Gasteiger partial charge in [0.25, 0.3) is 0 Å². The summed E-state index contributed by atoms with van der Waals surface area (Å²) in [5.74, 6) is -0.505. The molecule has 0 radical (unpaired) electrons. The Balaban J connectivity index is 3.21. The molecule has 0 bridgehead atoms. The predicted molar refractivity (Wildman–Crippen MR) is 62.1 cm³/mol. The number of benzene rings is 1.